The Bertz CT molecular complexity index is 1530. The lowest BCUT2D eigenvalue weighted by atomic mass is 10.0. The van der Waals surface area contributed by atoms with E-state index in [-0.39, 0.29) is 12.2 Å². The van der Waals surface area contributed by atoms with Gasteiger partial charge in [0.05, 0.1) is 38.2 Å². The third-order valence-electron chi connectivity index (χ3n) is 6.55. The van der Waals surface area contributed by atoms with Gasteiger partial charge in [-0.25, -0.2) is 9.78 Å². The maximum Gasteiger partial charge on any atom is 0.410 e. The minimum atomic E-state index is -0.545. The van der Waals surface area contributed by atoms with Crippen LogP contribution in [0.4, 0.5) is 10.6 Å². The van der Waals surface area contributed by atoms with Crippen molar-refractivity contribution in [2.45, 2.75) is 45.3 Å². The number of nitrogens with zero attached hydrogens (tertiary/aromatic N) is 4. The number of nitrogens with two attached hydrogens (primary N) is 1. The lowest BCUT2D eigenvalue weighted by Crippen LogP contribution is -2.46. The molecule has 4 aromatic rings. The Morgan fingerprint density at radius 2 is 1.77 bits per heavy atom. The van der Waals surface area contributed by atoms with Crippen LogP contribution in [0.2, 0.25) is 0 Å². The average molecular weight is 532 g/mol. The van der Waals surface area contributed by atoms with E-state index in [1.54, 1.807) is 37.7 Å². The molecule has 1 fully saturated rings. The van der Waals surface area contributed by atoms with E-state index in [1.807, 2.05) is 45.0 Å². The summed E-state index contributed by atoms with van der Waals surface area (Å²) < 4.78 is 22.7. The fourth-order valence-corrected chi connectivity index (χ4v) is 4.75. The zero-order valence-electron chi connectivity index (χ0n) is 22.9. The standard InChI is InChI=1S/C29H33N5O5/c1-29(2,3)39-28(35)34-8-6-7-18(16-34)38-19-9-17(13-31-14-19)23-10-20-21-11-25(36-4)26(37-5)12-24(21)32-15-22(20)27(30)33-23/h9-15,18H,6-8,16H2,1-5H3,(H2,30,33). The molecule has 1 unspecified atom stereocenters. The number of rotatable bonds is 5. The number of hydrogen-bond donors (Lipinski definition) is 1. The molecule has 1 saturated heterocycles. The maximum atomic E-state index is 12.6. The molecule has 1 aliphatic rings. The number of methoxy groups -OCH3 is 2. The summed E-state index contributed by atoms with van der Waals surface area (Å²) in [5, 5.41) is 2.49. The molecule has 0 bridgehead atoms. The van der Waals surface area contributed by atoms with Crippen LogP contribution < -0.4 is 19.9 Å². The third-order valence-corrected chi connectivity index (χ3v) is 6.55. The maximum absolute atomic E-state index is 12.6. The predicted octanol–water partition coefficient (Wildman–Crippen LogP) is 5.22. The normalized spacial score (nSPS) is 15.8. The number of likely N-dealkylation sites (tertiary alicyclic amines) is 1. The molecule has 10 nitrogen and oxygen atoms in total. The first-order valence-corrected chi connectivity index (χ1v) is 12.9. The van der Waals surface area contributed by atoms with E-state index < -0.39 is 5.60 Å². The van der Waals surface area contributed by atoms with E-state index in [0.29, 0.717) is 41.8 Å². The number of pyridine rings is 3. The summed E-state index contributed by atoms with van der Waals surface area (Å²) >= 11 is 0. The van der Waals surface area contributed by atoms with Crippen molar-refractivity contribution in [3.63, 3.8) is 0 Å². The van der Waals surface area contributed by atoms with Gasteiger partial charge in [-0.1, -0.05) is 0 Å². The van der Waals surface area contributed by atoms with Crippen LogP contribution in [0.15, 0.2) is 42.9 Å². The van der Waals surface area contributed by atoms with Crippen molar-refractivity contribution in [1.29, 1.82) is 0 Å². The van der Waals surface area contributed by atoms with Crippen molar-refractivity contribution >= 4 is 33.6 Å². The molecule has 2 N–H and O–H groups in total. The number of anilines is 1. The number of carbonyl (C=O) groups excluding carboxylic acids is 1. The molecule has 1 amide bonds. The molecule has 1 aliphatic heterocycles. The first-order chi connectivity index (χ1) is 18.6. The van der Waals surface area contributed by atoms with Gasteiger partial charge in [-0.15, -0.1) is 0 Å². The minimum Gasteiger partial charge on any atom is -0.493 e. The molecule has 1 aromatic carbocycles. The van der Waals surface area contributed by atoms with Crippen LogP contribution in [0.25, 0.3) is 32.9 Å². The molecule has 4 heterocycles. The highest BCUT2D eigenvalue weighted by Crippen LogP contribution is 2.37. The van der Waals surface area contributed by atoms with E-state index >= 15 is 0 Å². The minimum absolute atomic E-state index is 0.171. The van der Waals surface area contributed by atoms with Crippen molar-refractivity contribution in [3.05, 3.63) is 42.9 Å². The van der Waals surface area contributed by atoms with Crippen molar-refractivity contribution < 1.29 is 23.7 Å². The third kappa shape index (κ3) is 5.59. The summed E-state index contributed by atoms with van der Waals surface area (Å²) in [6, 6.07) is 7.59. The van der Waals surface area contributed by atoms with Crippen molar-refractivity contribution in [2.24, 2.45) is 0 Å². The zero-order chi connectivity index (χ0) is 27.7. The summed E-state index contributed by atoms with van der Waals surface area (Å²) in [7, 11) is 3.19. The number of carbonyl (C=O) groups is 1. The first-order valence-electron chi connectivity index (χ1n) is 12.9. The number of benzene rings is 1. The molecule has 0 spiro atoms. The van der Waals surface area contributed by atoms with Gasteiger partial charge in [-0.3, -0.25) is 9.97 Å². The fraction of sp³-hybridized carbons (Fsp3) is 0.379. The van der Waals surface area contributed by atoms with Gasteiger partial charge in [0.25, 0.3) is 0 Å². The van der Waals surface area contributed by atoms with Gasteiger partial charge in [0.2, 0.25) is 0 Å². The summed E-state index contributed by atoms with van der Waals surface area (Å²) in [4.78, 5) is 27.8. The van der Waals surface area contributed by atoms with E-state index in [9.17, 15) is 4.79 Å². The molecule has 1 atom stereocenters. The monoisotopic (exact) mass is 531 g/mol. The lowest BCUT2D eigenvalue weighted by molar-refractivity contribution is 0.00772. The fourth-order valence-electron chi connectivity index (χ4n) is 4.75. The Morgan fingerprint density at radius 3 is 2.51 bits per heavy atom. The molecule has 204 valence electrons. The molecule has 5 rings (SSSR count). The molecule has 0 saturated carbocycles. The second kappa shape index (κ2) is 10.4. The van der Waals surface area contributed by atoms with Crippen LogP contribution in [-0.4, -0.2) is 65.0 Å². The summed E-state index contributed by atoms with van der Waals surface area (Å²) in [5.74, 6) is 2.15. The number of fused-ring (bicyclic) bond motifs is 3. The van der Waals surface area contributed by atoms with Crippen LogP contribution in [0.3, 0.4) is 0 Å². The Kier molecular flexibility index (Phi) is 7.03. The second-order valence-electron chi connectivity index (χ2n) is 10.6. The Morgan fingerprint density at radius 1 is 1.00 bits per heavy atom. The molecular formula is C29H33N5O5. The van der Waals surface area contributed by atoms with Crippen molar-refractivity contribution in [1.82, 2.24) is 19.9 Å². The predicted molar refractivity (Wildman–Crippen MR) is 149 cm³/mol. The number of piperidine rings is 1. The van der Waals surface area contributed by atoms with Crippen molar-refractivity contribution in [3.8, 4) is 28.5 Å². The molecular weight excluding hydrogens is 498 g/mol. The number of aromatic nitrogens is 3. The number of amides is 1. The number of ether oxygens (including phenoxy) is 4. The quantitative estimate of drug-likeness (QED) is 0.345. The molecule has 10 heteroatoms. The summed E-state index contributed by atoms with van der Waals surface area (Å²) in [6.07, 6.45) is 6.26. The Labute approximate surface area is 227 Å². The summed E-state index contributed by atoms with van der Waals surface area (Å²) in [6.45, 7) is 6.68. The summed E-state index contributed by atoms with van der Waals surface area (Å²) in [5.41, 5.74) is 7.99. The average Bonchev–Trinajstić information content (AvgIpc) is 2.91. The number of hydrogen-bond acceptors (Lipinski definition) is 9. The smallest absolute Gasteiger partial charge is 0.410 e. The molecule has 39 heavy (non-hydrogen) atoms. The van der Waals surface area contributed by atoms with Gasteiger partial charge < -0.3 is 29.6 Å². The van der Waals surface area contributed by atoms with Gasteiger partial charge in [-0.05, 0) is 57.2 Å². The number of nitrogen functional groups attached to an aromatic ring is 1. The lowest BCUT2D eigenvalue weighted by Gasteiger charge is -2.34. The van der Waals surface area contributed by atoms with Crippen LogP contribution in [0.1, 0.15) is 33.6 Å². The molecule has 3 aromatic heterocycles. The first kappa shape index (κ1) is 26.3. The highest BCUT2D eigenvalue weighted by molar-refractivity contribution is 6.10. The van der Waals surface area contributed by atoms with Crippen molar-refractivity contribution in [2.75, 3.05) is 33.0 Å². The van der Waals surface area contributed by atoms with Gasteiger partial charge in [-0.2, -0.15) is 0 Å². The van der Waals surface area contributed by atoms with Gasteiger partial charge in [0.15, 0.2) is 11.5 Å². The molecule has 0 radical (unpaired) electrons. The highest BCUT2D eigenvalue weighted by Gasteiger charge is 2.28. The zero-order valence-corrected chi connectivity index (χ0v) is 22.9. The molecule has 0 aliphatic carbocycles. The van der Waals surface area contributed by atoms with E-state index in [4.69, 9.17) is 24.7 Å². The Balaban J connectivity index is 1.44. The van der Waals surface area contributed by atoms with Crippen LogP contribution in [0, 0.1) is 0 Å². The van der Waals surface area contributed by atoms with Gasteiger partial charge in [0.1, 0.15) is 23.3 Å². The van der Waals surface area contributed by atoms with Gasteiger partial charge >= 0.3 is 6.09 Å². The van der Waals surface area contributed by atoms with Crippen LogP contribution in [0.5, 0.6) is 17.2 Å². The van der Waals surface area contributed by atoms with E-state index in [0.717, 1.165) is 40.1 Å². The SMILES string of the molecule is COc1cc2ncc3c(N)nc(-c4cncc(OC5CCCN(C(=O)OC(C)(C)C)C5)c4)cc3c2cc1OC. The van der Waals surface area contributed by atoms with E-state index in [1.165, 1.54) is 0 Å². The van der Waals surface area contributed by atoms with E-state index in [2.05, 4.69) is 15.0 Å². The largest absolute Gasteiger partial charge is 0.493 e. The van der Waals surface area contributed by atoms with Crippen LogP contribution >= 0.6 is 0 Å². The van der Waals surface area contributed by atoms with Crippen LogP contribution in [-0.2, 0) is 4.74 Å². The highest BCUT2D eigenvalue weighted by atomic mass is 16.6. The second-order valence-corrected chi connectivity index (χ2v) is 10.6. The topological polar surface area (TPSA) is 122 Å². The van der Waals surface area contributed by atoms with Gasteiger partial charge in [0, 0.05) is 41.3 Å². The Hall–Kier alpha value is -4.34.